The summed E-state index contributed by atoms with van der Waals surface area (Å²) in [5, 5.41) is 6.17. The third kappa shape index (κ3) is 4.44. The van der Waals surface area contributed by atoms with Gasteiger partial charge in [-0.25, -0.2) is 4.39 Å². The zero-order valence-electron chi connectivity index (χ0n) is 22.3. The minimum atomic E-state index is -1.23. The number of benzene rings is 2. The first-order valence-electron chi connectivity index (χ1n) is 13.9. The van der Waals surface area contributed by atoms with Crippen molar-refractivity contribution in [2.75, 3.05) is 5.32 Å². The lowest BCUT2D eigenvalue weighted by atomic mass is 9.74. The largest absolute Gasteiger partial charge is 0.359 e. The van der Waals surface area contributed by atoms with Crippen molar-refractivity contribution in [1.29, 1.82) is 0 Å². The SMILES string of the molecule is Cc1ccc(NC(=O)[C@H]2[C@H]3C=C[C@@]4(O3)[C@H]2C(=O)N(Cc2ccc(F)cc2)[C@@H]4C(=O)NC2CCCCC2)cc1C. The molecule has 1 spiro atoms. The van der Waals surface area contributed by atoms with E-state index in [2.05, 4.69) is 10.6 Å². The molecule has 8 heteroatoms. The van der Waals surface area contributed by atoms with E-state index < -0.39 is 29.6 Å². The van der Waals surface area contributed by atoms with E-state index in [0.717, 1.165) is 43.2 Å². The van der Waals surface area contributed by atoms with Crippen molar-refractivity contribution in [2.45, 2.75) is 76.3 Å². The van der Waals surface area contributed by atoms with Crippen LogP contribution in [0.3, 0.4) is 0 Å². The van der Waals surface area contributed by atoms with Crippen LogP contribution in [0, 0.1) is 31.5 Å². The Morgan fingerprint density at radius 2 is 1.77 bits per heavy atom. The molecule has 3 heterocycles. The number of ether oxygens (including phenoxy) is 1. The van der Waals surface area contributed by atoms with Gasteiger partial charge in [0, 0.05) is 18.3 Å². The maximum atomic E-state index is 14.1. The second kappa shape index (κ2) is 9.90. The highest BCUT2D eigenvalue weighted by Gasteiger charge is 2.72. The normalized spacial score (nSPS) is 29.5. The van der Waals surface area contributed by atoms with Crippen molar-refractivity contribution in [2.24, 2.45) is 11.8 Å². The molecule has 1 saturated carbocycles. The number of nitrogens with zero attached hydrogens (tertiary/aromatic N) is 1. The molecule has 2 aromatic rings. The van der Waals surface area contributed by atoms with Crippen molar-refractivity contribution in [1.82, 2.24) is 10.2 Å². The van der Waals surface area contributed by atoms with Crippen molar-refractivity contribution in [3.8, 4) is 0 Å². The zero-order chi connectivity index (χ0) is 27.3. The van der Waals surface area contributed by atoms with E-state index in [4.69, 9.17) is 4.74 Å². The Hall–Kier alpha value is -3.52. The van der Waals surface area contributed by atoms with Gasteiger partial charge >= 0.3 is 0 Å². The van der Waals surface area contributed by atoms with Crippen molar-refractivity contribution >= 4 is 23.4 Å². The number of carbonyl (C=O) groups excluding carboxylic acids is 3. The number of halogens is 1. The maximum absolute atomic E-state index is 14.1. The van der Waals surface area contributed by atoms with Gasteiger partial charge in [-0.1, -0.05) is 49.6 Å². The smallest absolute Gasteiger partial charge is 0.246 e. The molecule has 2 saturated heterocycles. The highest BCUT2D eigenvalue weighted by atomic mass is 19.1. The van der Waals surface area contributed by atoms with E-state index in [9.17, 15) is 18.8 Å². The van der Waals surface area contributed by atoms with Crippen LogP contribution in [0.1, 0.15) is 48.8 Å². The van der Waals surface area contributed by atoms with Crippen molar-refractivity contribution < 1.29 is 23.5 Å². The van der Waals surface area contributed by atoms with Crippen LogP contribution >= 0.6 is 0 Å². The first-order chi connectivity index (χ1) is 18.8. The van der Waals surface area contributed by atoms with Crippen LogP contribution in [0.5, 0.6) is 0 Å². The van der Waals surface area contributed by atoms with Crippen LogP contribution in [0.25, 0.3) is 0 Å². The Bertz CT molecular complexity index is 1340. The van der Waals surface area contributed by atoms with Gasteiger partial charge in [0.15, 0.2) is 0 Å². The number of amides is 3. The summed E-state index contributed by atoms with van der Waals surface area (Å²) in [4.78, 5) is 43.2. The Balaban J connectivity index is 1.32. The first-order valence-corrected chi connectivity index (χ1v) is 13.9. The molecular formula is C31H34FN3O4. The number of likely N-dealkylation sites (tertiary alicyclic amines) is 1. The fourth-order valence-electron chi connectivity index (χ4n) is 6.80. The van der Waals surface area contributed by atoms with Gasteiger partial charge < -0.3 is 20.3 Å². The molecule has 2 bridgehead atoms. The molecule has 1 aliphatic carbocycles. The van der Waals surface area contributed by atoms with E-state index in [1.165, 1.54) is 17.0 Å². The Kier molecular flexibility index (Phi) is 6.53. The lowest BCUT2D eigenvalue weighted by Crippen LogP contribution is -2.56. The summed E-state index contributed by atoms with van der Waals surface area (Å²) in [5.74, 6) is -2.84. The fourth-order valence-corrected chi connectivity index (χ4v) is 6.80. The molecule has 0 radical (unpaired) electrons. The van der Waals surface area contributed by atoms with Crippen LogP contribution < -0.4 is 10.6 Å². The lowest BCUT2D eigenvalue weighted by Gasteiger charge is -2.34. The molecule has 2 aromatic carbocycles. The van der Waals surface area contributed by atoms with Gasteiger partial charge in [-0.15, -0.1) is 0 Å². The quantitative estimate of drug-likeness (QED) is 0.548. The van der Waals surface area contributed by atoms with Crippen LogP contribution in [0.15, 0.2) is 54.6 Å². The minimum absolute atomic E-state index is 0.0518. The topological polar surface area (TPSA) is 87.7 Å². The maximum Gasteiger partial charge on any atom is 0.246 e. The summed E-state index contributed by atoms with van der Waals surface area (Å²) in [6.07, 6.45) is 8.11. The summed E-state index contributed by atoms with van der Waals surface area (Å²) in [7, 11) is 0. The number of aryl methyl sites for hydroxylation is 2. The van der Waals surface area contributed by atoms with Crippen molar-refractivity contribution in [3.63, 3.8) is 0 Å². The highest BCUT2D eigenvalue weighted by Crippen LogP contribution is 2.55. The third-order valence-electron chi connectivity index (χ3n) is 8.92. The number of nitrogens with one attached hydrogen (secondary N) is 2. The second-order valence-electron chi connectivity index (χ2n) is 11.4. The monoisotopic (exact) mass is 531 g/mol. The zero-order valence-corrected chi connectivity index (χ0v) is 22.3. The van der Waals surface area contributed by atoms with Gasteiger partial charge in [-0.05, 0) is 67.6 Å². The predicted octanol–water partition coefficient (Wildman–Crippen LogP) is 4.18. The molecule has 0 unspecified atom stereocenters. The third-order valence-corrected chi connectivity index (χ3v) is 8.92. The van der Waals surface area contributed by atoms with Gasteiger partial charge in [-0.3, -0.25) is 14.4 Å². The number of rotatable bonds is 6. The predicted molar refractivity (Wildman–Crippen MR) is 144 cm³/mol. The summed E-state index contributed by atoms with van der Waals surface area (Å²) in [5.41, 5.74) is 2.30. The summed E-state index contributed by atoms with van der Waals surface area (Å²) >= 11 is 0. The molecule has 204 valence electrons. The first kappa shape index (κ1) is 25.7. The van der Waals surface area contributed by atoms with E-state index in [1.54, 1.807) is 12.1 Å². The number of hydrogen-bond donors (Lipinski definition) is 2. The van der Waals surface area contributed by atoms with E-state index in [-0.39, 0.29) is 36.1 Å². The molecule has 6 rings (SSSR count). The molecule has 39 heavy (non-hydrogen) atoms. The van der Waals surface area contributed by atoms with E-state index >= 15 is 0 Å². The fraction of sp³-hybridized carbons (Fsp3) is 0.452. The van der Waals surface area contributed by atoms with Gasteiger partial charge in [0.2, 0.25) is 17.7 Å². The number of anilines is 1. The van der Waals surface area contributed by atoms with Gasteiger partial charge in [-0.2, -0.15) is 0 Å². The Morgan fingerprint density at radius 3 is 2.49 bits per heavy atom. The van der Waals surface area contributed by atoms with Gasteiger partial charge in [0.05, 0.1) is 17.9 Å². The molecule has 7 nitrogen and oxygen atoms in total. The Labute approximate surface area is 227 Å². The van der Waals surface area contributed by atoms with Crippen LogP contribution in [0.2, 0.25) is 0 Å². The number of hydrogen-bond acceptors (Lipinski definition) is 4. The summed E-state index contributed by atoms with van der Waals surface area (Å²) in [6, 6.07) is 10.7. The molecule has 3 aliphatic heterocycles. The lowest BCUT2D eigenvalue weighted by molar-refractivity contribution is -0.142. The average Bonchev–Trinajstić information content (AvgIpc) is 3.56. The van der Waals surface area contributed by atoms with Crippen LogP contribution in [-0.4, -0.2) is 46.4 Å². The van der Waals surface area contributed by atoms with Gasteiger partial charge in [0.25, 0.3) is 0 Å². The van der Waals surface area contributed by atoms with E-state index in [1.807, 2.05) is 44.2 Å². The van der Waals surface area contributed by atoms with Crippen LogP contribution in [-0.2, 0) is 25.7 Å². The molecule has 4 aliphatic rings. The molecule has 0 aromatic heterocycles. The minimum Gasteiger partial charge on any atom is -0.359 e. The van der Waals surface area contributed by atoms with E-state index in [0.29, 0.717) is 11.3 Å². The second-order valence-corrected chi connectivity index (χ2v) is 11.4. The van der Waals surface area contributed by atoms with Crippen molar-refractivity contribution in [3.05, 3.63) is 77.1 Å². The highest BCUT2D eigenvalue weighted by molar-refractivity contribution is 6.02. The Morgan fingerprint density at radius 1 is 1.03 bits per heavy atom. The van der Waals surface area contributed by atoms with Gasteiger partial charge in [0.1, 0.15) is 17.5 Å². The number of carbonyl (C=O) groups is 3. The summed E-state index contributed by atoms with van der Waals surface area (Å²) < 4.78 is 20.0. The molecule has 2 N–H and O–H groups in total. The molecule has 3 fully saturated rings. The van der Waals surface area contributed by atoms with Crippen LogP contribution in [0.4, 0.5) is 10.1 Å². The number of fused-ring (bicyclic) bond motifs is 1. The average molecular weight is 532 g/mol. The molecule has 3 amide bonds. The molecule has 5 atom stereocenters. The standard InChI is InChI=1S/C31H34FN3O4/c1-18-8-13-23(16-19(18)2)34-28(36)25-24-14-15-31(39-24)26(25)30(38)35(17-20-9-11-21(32)12-10-20)27(31)29(37)33-22-6-4-3-5-7-22/h8-16,22,24-27H,3-7,17H2,1-2H3,(H,33,37)(H,34,36)/t24-,25+,26-,27-,31-/m1/s1. The molecular weight excluding hydrogens is 497 g/mol. The summed E-state index contributed by atoms with van der Waals surface area (Å²) in [6.45, 7) is 4.10.